The highest BCUT2D eigenvalue weighted by molar-refractivity contribution is 7.26. The summed E-state index contributed by atoms with van der Waals surface area (Å²) in [5.41, 5.74) is 10.8. The lowest BCUT2D eigenvalue weighted by atomic mass is 9.80. The van der Waals surface area contributed by atoms with Crippen LogP contribution >= 0.6 is 11.3 Å². The van der Waals surface area contributed by atoms with Crippen LogP contribution in [0.4, 0.5) is 0 Å². The summed E-state index contributed by atoms with van der Waals surface area (Å²) in [5, 5.41) is 7.92. The van der Waals surface area contributed by atoms with Gasteiger partial charge in [0.15, 0.2) is 0 Å². The Balaban J connectivity index is 1.30. The topological polar surface area (TPSA) is 0 Å². The van der Waals surface area contributed by atoms with Gasteiger partial charge in [0, 0.05) is 25.7 Å². The van der Waals surface area contributed by atoms with Crippen LogP contribution in [0.25, 0.3) is 81.2 Å². The third-order valence-electron chi connectivity index (χ3n) is 9.14. The minimum absolute atomic E-state index is 1.06. The van der Waals surface area contributed by atoms with Crippen LogP contribution in [0.2, 0.25) is 0 Å². The smallest absolute Gasteiger partial charge is 0.0434 e. The molecule has 1 aromatic heterocycles. The Morgan fingerprint density at radius 1 is 0.488 bits per heavy atom. The van der Waals surface area contributed by atoms with Crippen LogP contribution in [-0.2, 0) is 6.42 Å². The lowest BCUT2D eigenvalue weighted by molar-refractivity contribution is 0.991. The van der Waals surface area contributed by atoms with E-state index in [1.165, 1.54) is 86.2 Å². The number of hydrogen-bond donors (Lipinski definition) is 0. The maximum absolute atomic E-state index is 2.44. The first kappa shape index (κ1) is 24.6. The van der Waals surface area contributed by atoms with Crippen LogP contribution in [0.3, 0.4) is 0 Å². The maximum atomic E-state index is 2.44. The number of allylic oxidation sites excluding steroid dienone is 1. The Bertz CT molecular complexity index is 2380. The van der Waals surface area contributed by atoms with Crippen molar-refractivity contribution >= 4 is 59.1 Å². The Kier molecular flexibility index (Phi) is 5.61. The molecule has 0 amide bonds. The molecule has 0 nitrogen and oxygen atoms in total. The summed E-state index contributed by atoms with van der Waals surface area (Å²) in [5.74, 6) is 0. The van der Waals surface area contributed by atoms with Crippen LogP contribution in [0, 0.1) is 0 Å². The van der Waals surface area contributed by atoms with Crippen LogP contribution < -0.4 is 0 Å². The summed E-state index contributed by atoms with van der Waals surface area (Å²) < 4.78 is 2.70. The highest BCUT2D eigenvalue weighted by Crippen LogP contribution is 2.47. The fraction of sp³-hybridized carbons (Fsp3) is 0.0476. The Morgan fingerprint density at radius 2 is 1.19 bits per heavy atom. The third kappa shape index (κ3) is 3.82. The molecule has 202 valence electrons. The lowest BCUT2D eigenvalue weighted by Crippen LogP contribution is -2.02. The molecule has 0 saturated heterocycles. The van der Waals surface area contributed by atoms with Crippen LogP contribution in [-0.4, -0.2) is 0 Å². The highest BCUT2D eigenvalue weighted by Gasteiger charge is 2.22. The van der Waals surface area contributed by atoms with E-state index in [-0.39, 0.29) is 0 Å². The van der Waals surface area contributed by atoms with Gasteiger partial charge in [-0.1, -0.05) is 140 Å². The molecule has 1 heteroatoms. The standard InChI is InChI=1S/C42H28S/c1-2-13-28(14-3-1)40-33-17-6-8-19-35(33)41(36-20-9-7-18-34(36)40)29-24-25-32-38-23-11-22-37(42(38)43-39(32)26-29)31-21-10-15-27-12-4-5-16-30(27)31/h1-6,8-17,19-26H,7,18H2. The zero-order valence-corrected chi connectivity index (χ0v) is 24.5. The van der Waals surface area contributed by atoms with Crippen molar-refractivity contribution in [1.29, 1.82) is 0 Å². The fourth-order valence-electron chi connectivity index (χ4n) is 7.26. The summed E-state index contributed by atoms with van der Waals surface area (Å²) in [6.07, 6.45) is 6.87. The maximum Gasteiger partial charge on any atom is 0.0434 e. The van der Waals surface area contributed by atoms with Crippen molar-refractivity contribution in [2.75, 3.05) is 0 Å². The molecule has 0 bridgehead atoms. The minimum Gasteiger partial charge on any atom is -0.135 e. The molecule has 43 heavy (non-hydrogen) atoms. The Hall–Kier alpha value is -4.98. The summed E-state index contributed by atoms with van der Waals surface area (Å²) in [6.45, 7) is 0. The molecule has 9 rings (SSSR count). The average molecular weight is 565 g/mol. The van der Waals surface area contributed by atoms with E-state index in [4.69, 9.17) is 0 Å². The zero-order valence-electron chi connectivity index (χ0n) is 23.7. The van der Waals surface area contributed by atoms with Crippen molar-refractivity contribution in [3.63, 3.8) is 0 Å². The van der Waals surface area contributed by atoms with Crippen LogP contribution in [0.5, 0.6) is 0 Å². The van der Waals surface area contributed by atoms with E-state index in [0.29, 0.717) is 0 Å². The van der Waals surface area contributed by atoms with E-state index >= 15 is 0 Å². The van der Waals surface area contributed by atoms with E-state index < -0.39 is 0 Å². The number of thiophene rings is 1. The third-order valence-corrected chi connectivity index (χ3v) is 10.3. The second kappa shape index (κ2) is 9.80. The summed E-state index contributed by atoms with van der Waals surface area (Å²) in [4.78, 5) is 0. The first-order chi connectivity index (χ1) is 21.3. The first-order valence-corrected chi connectivity index (χ1v) is 15.9. The summed E-state index contributed by atoms with van der Waals surface area (Å²) in [6, 6.07) is 49.3. The molecule has 0 saturated carbocycles. The number of benzene rings is 7. The molecule has 0 unspecified atom stereocenters. The van der Waals surface area contributed by atoms with Crippen LogP contribution in [0.1, 0.15) is 17.5 Å². The van der Waals surface area contributed by atoms with Gasteiger partial charge < -0.3 is 0 Å². The Morgan fingerprint density at radius 3 is 2.07 bits per heavy atom. The second-order valence-electron chi connectivity index (χ2n) is 11.5. The van der Waals surface area contributed by atoms with Crippen LogP contribution in [0.15, 0.2) is 140 Å². The molecule has 1 aliphatic rings. The SMILES string of the molecule is C1=Cc2c(c(-c3ccccc3)c3ccccc3c2-c2ccc3c(c2)sc2c(-c4cccc5ccccc45)cccc23)CC1. The molecule has 0 atom stereocenters. The van der Waals surface area contributed by atoms with Gasteiger partial charge in [-0.05, 0) is 79.4 Å². The van der Waals surface area contributed by atoms with Crippen molar-refractivity contribution in [2.24, 2.45) is 0 Å². The van der Waals surface area contributed by atoms with Crippen molar-refractivity contribution in [3.8, 4) is 33.4 Å². The first-order valence-electron chi connectivity index (χ1n) is 15.1. The van der Waals surface area contributed by atoms with Gasteiger partial charge in [0.25, 0.3) is 0 Å². The second-order valence-corrected chi connectivity index (χ2v) is 12.6. The summed E-state index contributed by atoms with van der Waals surface area (Å²) >= 11 is 1.93. The van der Waals surface area contributed by atoms with Gasteiger partial charge in [-0.15, -0.1) is 11.3 Å². The van der Waals surface area contributed by atoms with E-state index in [1.807, 2.05) is 11.3 Å². The average Bonchev–Trinajstić information content (AvgIpc) is 3.45. The molecule has 0 spiro atoms. The molecule has 0 fully saturated rings. The van der Waals surface area contributed by atoms with Gasteiger partial charge >= 0.3 is 0 Å². The molecule has 1 heterocycles. The van der Waals surface area contributed by atoms with Gasteiger partial charge in [0.05, 0.1) is 0 Å². The van der Waals surface area contributed by atoms with E-state index in [1.54, 1.807) is 0 Å². The largest absolute Gasteiger partial charge is 0.135 e. The Labute approximate surface area is 255 Å². The summed E-state index contributed by atoms with van der Waals surface area (Å²) in [7, 11) is 0. The fourth-order valence-corrected chi connectivity index (χ4v) is 8.53. The molecule has 7 aromatic carbocycles. The molecular formula is C42H28S. The molecule has 0 N–H and O–H groups in total. The quantitative estimate of drug-likeness (QED) is 0.200. The highest BCUT2D eigenvalue weighted by atomic mass is 32.1. The van der Waals surface area contributed by atoms with E-state index in [9.17, 15) is 0 Å². The predicted octanol–water partition coefficient (Wildman–Crippen LogP) is 12.3. The predicted molar refractivity (Wildman–Crippen MR) is 188 cm³/mol. The minimum atomic E-state index is 1.06. The van der Waals surface area contributed by atoms with Gasteiger partial charge in [-0.25, -0.2) is 0 Å². The van der Waals surface area contributed by atoms with Crippen molar-refractivity contribution < 1.29 is 0 Å². The van der Waals surface area contributed by atoms with Crippen molar-refractivity contribution in [1.82, 2.24) is 0 Å². The number of fused-ring (bicyclic) bond motifs is 6. The van der Waals surface area contributed by atoms with Gasteiger partial charge in [0.2, 0.25) is 0 Å². The van der Waals surface area contributed by atoms with E-state index in [2.05, 4.69) is 146 Å². The van der Waals surface area contributed by atoms with Gasteiger partial charge in [-0.2, -0.15) is 0 Å². The molecule has 0 radical (unpaired) electrons. The molecule has 1 aliphatic carbocycles. The number of hydrogen-bond acceptors (Lipinski definition) is 1. The normalized spacial score (nSPS) is 12.8. The zero-order chi connectivity index (χ0) is 28.3. The number of rotatable bonds is 3. The monoisotopic (exact) mass is 564 g/mol. The van der Waals surface area contributed by atoms with Crippen molar-refractivity contribution in [3.05, 3.63) is 151 Å². The lowest BCUT2D eigenvalue weighted by Gasteiger charge is -2.23. The van der Waals surface area contributed by atoms with Gasteiger partial charge in [-0.3, -0.25) is 0 Å². The van der Waals surface area contributed by atoms with Crippen molar-refractivity contribution in [2.45, 2.75) is 12.8 Å². The molecular weight excluding hydrogens is 537 g/mol. The van der Waals surface area contributed by atoms with E-state index in [0.717, 1.165) is 12.8 Å². The molecule has 0 aliphatic heterocycles. The van der Waals surface area contributed by atoms with Gasteiger partial charge in [0.1, 0.15) is 0 Å². The molecule has 8 aromatic rings.